The first-order valence-electron chi connectivity index (χ1n) is 2.45. The van der Waals surface area contributed by atoms with Gasteiger partial charge in [-0.1, -0.05) is 6.07 Å². The molecule has 0 unspecified atom stereocenters. The second-order valence-corrected chi connectivity index (χ2v) is 2.14. The smallest absolute Gasteiger partial charge is 0.125 e. The second-order valence-electron chi connectivity index (χ2n) is 1.60. The summed E-state index contributed by atoms with van der Waals surface area (Å²) >= 11 is 1.95. The maximum atomic E-state index is 12.3. The van der Waals surface area contributed by atoms with E-state index in [1.807, 2.05) is 22.9 Å². The zero-order valence-corrected chi connectivity index (χ0v) is 6.72. The molecule has 0 aromatic heterocycles. The lowest BCUT2D eigenvalue weighted by Crippen LogP contribution is -1.78. The van der Waals surface area contributed by atoms with Gasteiger partial charge in [-0.3, -0.25) is 0 Å². The average molecular weight is 237 g/mol. The fourth-order valence-electron chi connectivity index (χ4n) is 0.547. The van der Waals surface area contributed by atoms with Crippen LogP contribution in [0.5, 0.6) is 0 Å². The SMILES string of the molecule is Fc1cccc(NI)c1. The van der Waals surface area contributed by atoms with Crippen LogP contribution in [0.3, 0.4) is 0 Å². The zero-order chi connectivity index (χ0) is 6.69. The van der Waals surface area contributed by atoms with E-state index in [9.17, 15) is 4.39 Å². The molecule has 0 aliphatic heterocycles. The number of hydrogen-bond donors (Lipinski definition) is 1. The van der Waals surface area contributed by atoms with Crippen LogP contribution in [0.15, 0.2) is 24.3 Å². The first-order valence-corrected chi connectivity index (χ1v) is 3.53. The van der Waals surface area contributed by atoms with E-state index in [0.717, 1.165) is 5.69 Å². The third kappa shape index (κ3) is 1.82. The van der Waals surface area contributed by atoms with Gasteiger partial charge in [0, 0.05) is 5.69 Å². The zero-order valence-electron chi connectivity index (χ0n) is 4.57. The predicted molar refractivity (Wildman–Crippen MR) is 44.0 cm³/mol. The summed E-state index contributed by atoms with van der Waals surface area (Å²) in [5, 5.41) is 0. The standard InChI is InChI=1S/C6H5FIN/c7-5-2-1-3-6(4-5)9-8/h1-4,9H. The Kier molecular flexibility index (Phi) is 2.27. The summed E-state index contributed by atoms with van der Waals surface area (Å²) in [5.74, 6) is -0.211. The van der Waals surface area contributed by atoms with Crippen molar-refractivity contribution in [2.24, 2.45) is 0 Å². The Morgan fingerprint density at radius 2 is 2.22 bits per heavy atom. The number of anilines is 1. The van der Waals surface area contributed by atoms with Crippen LogP contribution in [0.1, 0.15) is 0 Å². The number of benzene rings is 1. The first kappa shape index (κ1) is 6.80. The molecule has 1 rings (SSSR count). The van der Waals surface area contributed by atoms with Gasteiger partial charge in [0.25, 0.3) is 0 Å². The molecule has 0 amide bonds. The maximum absolute atomic E-state index is 12.3. The average Bonchev–Trinajstić information content (AvgIpc) is 1.88. The van der Waals surface area contributed by atoms with E-state index in [4.69, 9.17) is 0 Å². The highest BCUT2D eigenvalue weighted by atomic mass is 127. The van der Waals surface area contributed by atoms with Crippen molar-refractivity contribution in [1.29, 1.82) is 0 Å². The third-order valence-corrected chi connectivity index (χ3v) is 1.56. The minimum absolute atomic E-state index is 0.211. The highest BCUT2D eigenvalue weighted by Gasteiger charge is 1.88. The van der Waals surface area contributed by atoms with Crippen molar-refractivity contribution < 1.29 is 4.39 Å². The molecule has 9 heavy (non-hydrogen) atoms. The minimum Gasteiger partial charge on any atom is -0.328 e. The monoisotopic (exact) mass is 237 g/mol. The number of halogens is 2. The van der Waals surface area contributed by atoms with Crippen LogP contribution in [0.4, 0.5) is 10.1 Å². The molecule has 1 aromatic carbocycles. The van der Waals surface area contributed by atoms with Gasteiger partial charge >= 0.3 is 0 Å². The van der Waals surface area contributed by atoms with Crippen LogP contribution in [-0.2, 0) is 0 Å². The fourth-order valence-corrected chi connectivity index (χ4v) is 0.883. The van der Waals surface area contributed by atoms with E-state index in [1.54, 1.807) is 12.1 Å². The van der Waals surface area contributed by atoms with Gasteiger partial charge in [-0.05, 0) is 18.2 Å². The lowest BCUT2D eigenvalue weighted by Gasteiger charge is -1.94. The van der Waals surface area contributed by atoms with Crippen molar-refractivity contribution in [3.05, 3.63) is 30.1 Å². The summed E-state index contributed by atoms with van der Waals surface area (Å²) in [6.45, 7) is 0. The Labute approximate surface area is 66.8 Å². The van der Waals surface area contributed by atoms with Gasteiger partial charge in [-0.2, -0.15) is 0 Å². The highest BCUT2D eigenvalue weighted by molar-refractivity contribution is 14.1. The van der Waals surface area contributed by atoms with Crippen molar-refractivity contribution >= 4 is 28.6 Å². The summed E-state index contributed by atoms with van der Waals surface area (Å²) in [4.78, 5) is 0. The molecular formula is C6H5FIN. The van der Waals surface area contributed by atoms with Crippen LogP contribution in [0, 0.1) is 5.82 Å². The van der Waals surface area contributed by atoms with Crippen LogP contribution >= 0.6 is 22.9 Å². The Bertz CT molecular complexity index is 202. The van der Waals surface area contributed by atoms with E-state index < -0.39 is 0 Å². The van der Waals surface area contributed by atoms with Gasteiger partial charge in [0.1, 0.15) is 5.82 Å². The normalized spacial score (nSPS) is 9.11. The summed E-state index contributed by atoms with van der Waals surface area (Å²) in [6, 6.07) is 6.32. The van der Waals surface area contributed by atoms with Crippen LogP contribution < -0.4 is 3.53 Å². The number of rotatable bonds is 1. The van der Waals surface area contributed by atoms with E-state index in [1.165, 1.54) is 12.1 Å². The summed E-state index contributed by atoms with van der Waals surface area (Å²) in [6.07, 6.45) is 0. The topological polar surface area (TPSA) is 12.0 Å². The largest absolute Gasteiger partial charge is 0.328 e. The maximum Gasteiger partial charge on any atom is 0.125 e. The van der Waals surface area contributed by atoms with Gasteiger partial charge in [-0.25, -0.2) is 4.39 Å². The molecule has 0 aliphatic rings. The molecule has 1 aromatic rings. The highest BCUT2D eigenvalue weighted by Crippen LogP contribution is 2.09. The van der Waals surface area contributed by atoms with E-state index in [0.29, 0.717) is 0 Å². The summed E-state index contributed by atoms with van der Waals surface area (Å²) in [5.41, 5.74) is 0.788. The third-order valence-electron chi connectivity index (χ3n) is 0.934. The lowest BCUT2D eigenvalue weighted by molar-refractivity contribution is 0.628. The van der Waals surface area contributed by atoms with Crippen LogP contribution in [0.2, 0.25) is 0 Å². The molecule has 0 saturated heterocycles. The number of hydrogen-bond acceptors (Lipinski definition) is 1. The van der Waals surface area contributed by atoms with Crippen LogP contribution in [-0.4, -0.2) is 0 Å². The van der Waals surface area contributed by atoms with Gasteiger partial charge < -0.3 is 3.53 Å². The molecular weight excluding hydrogens is 232 g/mol. The summed E-state index contributed by atoms with van der Waals surface area (Å²) < 4.78 is 15.1. The Morgan fingerprint density at radius 1 is 1.44 bits per heavy atom. The van der Waals surface area contributed by atoms with Gasteiger partial charge in [0.15, 0.2) is 0 Å². The van der Waals surface area contributed by atoms with Crippen molar-refractivity contribution in [2.75, 3.05) is 3.53 Å². The van der Waals surface area contributed by atoms with E-state index in [2.05, 4.69) is 3.53 Å². The fraction of sp³-hybridized carbons (Fsp3) is 0. The summed E-state index contributed by atoms with van der Waals surface area (Å²) in [7, 11) is 0. The second kappa shape index (κ2) is 3.00. The predicted octanol–water partition coefficient (Wildman–Crippen LogP) is 2.59. The molecule has 48 valence electrons. The Morgan fingerprint density at radius 3 is 2.67 bits per heavy atom. The molecule has 0 aliphatic carbocycles. The number of nitrogens with one attached hydrogen (secondary N) is 1. The molecule has 0 heterocycles. The van der Waals surface area contributed by atoms with Gasteiger partial charge in [-0.15, -0.1) is 0 Å². The molecule has 0 spiro atoms. The molecule has 0 bridgehead atoms. The molecule has 0 radical (unpaired) electrons. The molecule has 0 atom stereocenters. The molecule has 1 nitrogen and oxygen atoms in total. The lowest BCUT2D eigenvalue weighted by atomic mass is 10.3. The molecule has 3 heteroatoms. The molecule has 0 saturated carbocycles. The quantitative estimate of drug-likeness (QED) is 0.584. The van der Waals surface area contributed by atoms with Gasteiger partial charge in [0.2, 0.25) is 0 Å². The van der Waals surface area contributed by atoms with Crippen LogP contribution in [0.25, 0.3) is 0 Å². The molecule has 0 fully saturated rings. The van der Waals surface area contributed by atoms with Crippen molar-refractivity contribution in [3.63, 3.8) is 0 Å². The van der Waals surface area contributed by atoms with E-state index in [-0.39, 0.29) is 5.82 Å². The van der Waals surface area contributed by atoms with Crippen molar-refractivity contribution in [1.82, 2.24) is 0 Å². The van der Waals surface area contributed by atoms with Gasteiger partial charge in [0.05, 0.1) is 22.9 Å². The van der Waals surface area contributed by atoms with Crippen molar-refractivity contribution in [2.45, 2.75) is 0 Å². The van der Waals surface area contributed by atoms with Crippen molar-refractivity contribution in [3.8, 4) is 0 Å². The van der Waals surface area contributed by atoms with E-state index >= 15 is 0 Å². The Hall–Kier alpha value is -0.320. The molecule has 1 N–H and O–H groups in total. The first-order chi connectivity index (χ1) is 4.33. The minimum atomic E-state index is -0.211. The Balaban J connectivity index is 2.94.